The summed E-state index contributed by atoms with van der Waals surface area (Å²) < 4.78 is 6.49. The summed E-state index contributed by atoms with van der Waals surface area (Å²) in [5, 5.41) is 3.28. The number of nitrogens with zero attached hydrogens (tertiary/aromatic N) is 2. The number of rotatable bonds is 8. The SMILES string of the molecule is CCCc1nc(C(CCC)OC)nc(NCC)c1Br. The molecule has 108 valence electrons. The molecule has 19 heavy (non-hydrogen) atoms. The van der Waals surface area contributed by atoms with Gasteiger partial charge in [0, 0.05) is 13.7 Å². The Morgan fingerprint density at radius 1 is 1.21 bits per heavy atom. The van der Waals surface area contributed by atoms with E-state index >= 15 is 0 Å². The monoisotopic (exact) mass is 329 g/mol. The highest BCUT2D eigenvalue weighted by atomic mass is 79.9. The van der Waals surface area contributed by atoms with Crippen LogP contribution in [-0.2, 0) is 11.2 Å². The average Bonchev–Trinajstić information content (AvgIpc) is 2.41. The highest BCUT2D eigenvalue weighted by Gasteiger charge is 2.18. The summed E-state index contributed by atoms with van der Waals surface area (Å²) in [7, 11) is 1.72. The van der Waals surface area contributed by atoms with Crippen LogP contribution in [0.15, 0.2) is 4.47 Å². The summed E-state index contributed by atoms with van der Waals surface area (Å²) in [6.07, 6.45) is 3.97. The quantitative estimate of drug-likeness (QED) is 0.779. The summed E-state index contributed by atoms with van der Waals surface area (Å²) in [6.45, 7) is 7.20. The third kappa shape index (κ3) is 4.42. The van der Waals surface area contributed by atoms with Gasteiger partial charge in [0.25, 0.3) is 0 Å². The molecule has 1 aromatic rings. The van der Waals surface area contributed by atoms with Crippen molar-refractivity contribution >= 4 is 21.7 Å². The first kappa shape index (κ1) is 16.4. The number of aromatic nitrogens is 2. The van der Waals surface area contributed by atoms with Crippen molar-refractivity contribution in [1.29, 1.82) is 0 Å². The molecule has 1 heterocycles. The van der Waals surface area contributed by atoms with Crippen molar-refractivity contribution in [2.75, 3.05) is 19.0 Å². The van der Waals surface area contributed by atoms with Gasteiger partial charge in [-0.3, -0.25) is 0 Å². The number of methoxy groups -OCH3 is 1. The van der Waals surface area contributed by atoms with E-state index in [2.05, 4.69) is 52.0 Å². The van der Waals surface area contributed by atoms with E-state index in [9.17, 15) is 0 Å². The van der Waals surface area contributed by atoms with Crippen LogP contribution >= 0.6 is 15.9 Å². The second-order valence-electron chi connectivity index (χ2n) is 4.48. The molecule has 0 saturated heterocycles. The molecule has 1 N–H and O–H groups in total. The lowest BCUT2D eigenvalue weighted by Crippen LogP contribution is -2.12. The number of halogens is 1. The normalized spacial score (nSPS) is 12.5. The largest absolute Gasteiger partial charge is 0.373 e. The van der Waals surface area contributed by atoms with E-state index in [4.69, 9.17) is 4.74 Å². The van der Waals surface area contributed by atoms with Crippen molar-refractivity contribution in [2.24, 2.45) is 0 Å². The number of anilines is 1. The standard InChI is InChI=1S/C14H24BrN3O/c1-5-8-10-12(15)14(16-7-3)18-13(17-10)11(19-4)9-6-2/h11H,5-9H2,1-4H3,(H,16,17,18). The molecule has 5 heteroatoms. The molecule has 0 aliphatic heterocycles. The van der Waals surface area contributed by atoms with Crippen molar-refractivity contribution in [3.63, 3.8) is 0 Å². The first-order valence-corrected chi connectivity index (χ1v) is 7.80. The van der Waals surface area contributed by atoms with Gasteiger partial charge in [-0.15, -0.1) is 0 Å². The van der Waals surface area contributed by atoms with Crippen molar-refractivity contribution in [2.45, 2.75) is 52.6 Å². The first-order chi connectivity index (χ1) is 9.17. The summed E-state index contributed by atoms with van der Waals surface area (Å²) >= 11 is 3.60. The molecule has 0 aromatic carbocycles. The predicted octanol–water partition coefficient (Wildman–Crippen LogP) is 4.11. The Hall–Kier alpha value is -0.680. The summed E-state index contributed by atoms with van der Waals surface area (Å²) in [4.78, 5) is 9.27. The zero-order valence-corrected chi connectivity index (χ0v) is 13.9. The molecule has 0 bridgehead atoms. The Balaban J connectivity index is 3.15. The number of nitrogens with one attached hydrogen (secondary N) is 1. The fourth-order valence-corrected chi connectivity index (χ4v) is 2.47. The minimum atomic E-state index is -0.0221. The molecule has 0 aliphatic carbocycles. The maximum atomic E-state index is 5.51. The zero-order valence-electron chi connectivity index (χ0n) is 12.3. The topological polar surface area (TPSA) is 47.0 Å². The number of hydrogen-bond donors (Lipinski definition) is 1. The third-order valence-electron chi connectivity index (χ3n) is 2.89. The van der Waals surface area contributed by atoms with Crippen LogP contribution < -0.4 is 5.32 Å². The molecule has 4 nitrogen and oxygen atoms in total. The molecule has 1 unspecified atom stereocenters. The summed E-state index contributed by atoms with van der Waals surface area (Å²) in [6, 6.07) is 0. The Morgan fingerprint density at radius 2 is 1.95 bits per heavy atom. The molecule has 0 aliphatic rings. The van der Waals surface area contributed by atoms with E-state index in [0.29, 0.717) is 0 Å². The van der Waals surface area contributed by atoms with Gasteiger partial charge in [0.05, 0.1) is 10.2 Å². The fourth-order valence-electron chi connectivity index (χ4n) is 1.96. The van der Waals surface area contributed by atoms with E-state index < -0.39 is 0 Å². The van der Waals surface area contributed by atoms with Crippen LogP contribution in [0.1, 0.15) is 57.7 Å². The van der Waals surface area contributed by atoms with E-state index in [1.54, 1.807) is 7.11 Å². The molecule has 0 radical (unpaired) electrons. The predicted molar refractivity (Wildman–Crippen MR) is 82.5 cm³/mol. The lowest BCUT2D eigenvalue weighted by atomic mass is 10.2. The average molecular weight is 330 g/mol. The lowest BCUT2D eigenvalue weighted by Gasteiger charge is -2.17. The molecule has 1 atom stereocenters. The summed E-state index contributed by atoms with van der Waals surface area (Å²) in [5.41, 5.74) is 1.06. The van der Waals surface area contributed by atoms with Crippen LogP contribution in [0.2, 0.25) is 0 Å². The zero-order chi connectivity index (χ0) is 14.3. The Bertz CT molecular complexity index is 371. The Labute approximate surface area is 124 Å². The molecule has 0 amide bonds. The minimum absolute atomic E-state index is 0.0221. The molecular weight excluding hydrogens is 306 g/mol. The van der Waals surface area contributed by atoms with Crippen LogP contribution in [0.3, 0.4) is 0 Å². The molecule has 0 spiro atoms. The molecular formula is C14H24BrN3O. The van der Waals surface area contributed by atoms with Crippen LogP contribution in [0.4, 0.5) is 5.82 Å². The summed E-state index contributed by atoms with van der Waals surface area (Å²) in [5.74, 6) is 1.65. The Kier molecular flexibility index (Phi) is 7.31. The van der Waals surface area contributed by atoms with Gasteiger partial charge in [-0.2, -0.15) is 0 Å². The van der Waals surface area contributed by atoms with Gasteiger partial charge >= 0.3 is 0 Å². The van der Waals surface area contributed by atoms with Gasteiger partial charge in [-0.05, 0) is 35.7 Å². The van der Waals surface area contributed by atoms with Crippen molar-refractivity contribution in [1.82, 2.24) is 9.97 Å². The molecule has 0 fully saturated rings. The number of ether oxygens (including phenoxy) is 1. The highest BCUT2D eigenvalue weighted by Crippen LogP contribution is 2.28. The number of aryl methyl sites for hydroxylation is 1. The number of hydrogen-bond acceptors (Lipinski definition) is 4. The van der Waals surface area contributed by atoms with Crippen LogP contribution in [0.5, 0.6) is 0 Å². The molecule has 0 saturated carbocycles. The molecule has 1 aromatic heterocycles. The van der Waals surface area contributed by atoms with Gasteiger partial charge in [0.1, 0.15) is 11.9 Å². The smallest absolute Gasteiger partial charge is 0.159 e. The Morgan fingerprint density at radius 3 is 2.47 bits per heavy atom. The van der Waals surface area contributed by atoms with E-state index in [0.717, 1.165) is 54.0 Å². The maximum Gasteiger partial charge on any atom is 0.159 e. The van der Waals surface area contributed by atoms with Gasteiger partial charge in [0.15, 0.2) is 5.82 Å². The second-order valence-corrected chi connectivity index (χ2v) is 5.28. The fraction of sp³-hybridized carbons (Fsp3) is 0.714. The van der Waals surface area contributed by atoms with Crippen molar-refractivity contribution in [3.8, 4) is 0 Å². The van der Waals surface area contributed by atoms with E-state index in [1.165, 1.54) is 0 Å². The van der Waals surface area contributed by atoms with Crippen LogP contribution in [-0.4, -0.2) is 23.6 Å². The van der Waals surface area contributed by atoms with Gasteiger partial charge in [0.2, 0.25) is 0 Å². The lowest BCUT2D eigenvalue weighted by molar-refractivity contribution is 0.0875. The third-order valence-corrected chi connectivity index (χ3v) is 3.72. The van der Waals surface area contributed by atoms with Crippen molar-refractivity contribution < 1.29 is 4.74 Å². The first-order valence-electron chi connectivity index (χ1n) is 7.00. The van der Waals surface area contributed by atoms with E-state index in [1.807, 2.05) is 0 Å². The van der Waals surface area contributed by atoms with Gasteiger partial charge < -0.3 is 10.1 Å². The maximum absolute atomic E-state index is 5.51. The van der Waals surface area contributed by atoms with Gasteiger partial charge in [-0.1, -0.05) is 26.7 Å². The minimum Gasteiger partial charge on any atom is -0.373 e. The van der Waals surface area contributed by atoms with Crippen molar-refractivity contribution in [3.05, 3.63) is 16.0 Å². The van der Waals surface area contributed by atoms with E-state index in [-0.39, 0.29) is 6.10 Å². The van der Waals surface area contributed by atoms with Crippen LogP contribution in [0.25, 0.3) is 0 Å². The van der Waals surface area contributed by atoms with Crippen LogP contribution in [0, 0.1) is 0 Å². The molecule has 1 rings (SSSR count). The highest BCUT2D eigenvalue weighted by molar-refractivity contribution is 9.10. The van der Waals surface area contributed by atoms with Gasteiger partial charge in [-0.25, -0.2) is 9.97 Å². The second kappa shape index (κ2) is 8.48.